The zero-order chi connectivity index (χ0) is 15.2. The molecule has 0 fully saturated rings. The van der Waals surface area contributed by atoms with Gasteiger partial charge in [0.25, 0.3) is 0 Å². The number of rotatable bonds is 5. The van der Waals surface area contributed by atoms with E-state index in [1.165, 1.54) is 24.5 Å². The number of carbonyl (C=O) groups is 1. The van der Waals surface area contributed by atoms with Crippen LogP contribution in [0.5, 0.6) is 5.75 Å². The van der Waals surface area contributed by atoms with Crippen molar-refractivity contribution >= 4 is 23.3 Å². The van der Waals surface area contributed by atoms with Crippen molar-refractivity contribution < 1.29 is 22.7 Å². The molecule has 0 spiro atoms. The van der Waals surface area contributed by atoms with Crippen molar-refractivity contribution in [2.24, 2.45) is 0 Å². The van der Waals surface area contributed by atoms with E-state index in [-0.39, 0.29) is 17.3 Å². The molecule has 0 aliphatic heterocycles. The van der Waals surface area contributed by atoms with Crippen LogP contribution < -0.4 is 15.4 Å². The SMILES string of the molecule is O=C(NCc1ccco1)Nc1ccc(OC(F)F)c(Cl)c1. The van der Waals surface area contributed by atoms with Crippen molar-refractivity contribution in [1.82, 2.24) is 5.32 Å². The molecule has 0 aliphatic carbocycles. The highest BCUT2D eigenvalue weighted by Gasteiger charge is 2.10. The third-order valence-corrected chi connectivity index (χ3v) is 2.70. The lowest BCUT2D eigenvalue weighted by Crippen LogP contribution is -2.27. The van der Waals surface area contributed by atoms with Gasteiger partial charge in [-0.15, -0.1) is 0 Å². The van der Waals surface area contributed by atoms with Crippen molar-refractivity contribution in [3.05, 3.63) is 47.4 Å². The molecule has 0 aliphatic rings. The molecule has 2 amide bonds. The van der Waals surface area contributed by atoms with Crippen LogP contribution in [0.25, 0.3) is 0 Å². The Hall–Kier alpha value is -2.28. The molecule has 112 valence electrons. The Morgan fingerprint density at radius 3 is 2.81 bits per heavy atom. The second-order valence-corrected chi connectivity index (χ2v) is 4.32. The van der Waals surface area contributed by atoms with E-state index in [0.717, 1.165) is 0 Å². The number of anilines is 1. The topological polar surface area (TPSA) is 63.5 Å². The summed E-state index contributed by atoms with van der Waals surface area (Å²) in [7, 11) is 0. The highest BCUT2D eigenvalue weighted by Crippen LogP contribution is 2.28. The lowest BCUT2D eigenvalue weighted by molar-refractivity contribution is -0.0497. The van der Waals surface area contributed by atoms with Crippen LogP contribution in [0.15, 0.2) is 41.0 Å². The van der Waals surface area contributed by atoms with Crippen LogP contribution in [0.4, 0.5) is 19.3 Å². The lowest BCUT2D eigenvalue weighted by Gasteiger charge is -2.10. The summed E-state index contributed by atoms with van der Waals surface area (Å²) in [5.41, 5.74) is 0.346. The third-order valence-electron chi connectivity index (χ3n) is 2.41. The van der Waals surface area contributed by atoms with E-state index in [1.54, 1.807) is 12.1 Å². The molecule has 0 atom stereocenters. The van der Waals surface area contributed by atoms with Crippen LogP contribution in [0.2, 0.25) is 5.02 Å². The van der Waals surface area contributed by atoms with Gasteiger partial charge in [0.15, 0.2) is 0 Å². The Labute approximate surface area is 123 Å². The molecule has 0 saturated carbocycles. The van der Waals surface area contributed by atoms with Gasteiger partial charge in [0.1, 0.15) is 11.5 Å². The summed E-state index contributed by atoms with van der Waals surface area (Å²) >= 11 is 5.77. The molecule has 21 heavy (non-hydrogen) atoms. The van der Waals surface area contributed by atoms with Gasteiger partial charge < -0.3 is 19.8 Å². The van der Waals surface area contributed by atoms with Crippen LogP contribution in [0, 0.1) is 0 Å². The van der Waals surface area contributed by atoms with E-state index < -0.39 is 12.6 Å². The molecule has 0 unspecified atom stereocenters. The van der Waals surface area contributed by atoms with E-state index in [0.29, 0.717) is 11.4 Å². The number of benzene rings is 1. The average molecular weight is 317 g/mol. The number of hydrogen-bond donors (Lipinski definition) is 2. The van der Waals surface area contributed by atoms with Crippen molar-refractivity contribution in [2.45, 2.75) is 13.2 Å². The van der Waals surface area contributed by atoms with E-state index in [1.807, 2.05) is 0 Å². The highest BCUT2D eigenvalue weighted by molar-refractivity contribution is 6.32. The van der Waals surface area contributed by atoms with E-state index >= 15 is 0 Å². The van der Waals surface area contributed by atoms with Gasteiger partial charge in [0, 0.05) is 5.69 Å². The predicted octanol–water partition coefficient (Wildman–Crippen LogP) is 3.86. The predicted molar refractivity (Wildman–Crippen MR) is 72.7 cm³/mol. The maximum absolute atomic E-state index is 12.1. The molecule has 0 radical (unpaired) electrons. The summed E-state index contributed by atoms with van der Waals surface area (Å²) in [4.78, 5) is 11.6. The first kappa shape index (κ1) is 15.1. The molecule has 8 heteroatoms. The Morgan fingerprint density at radius 2 is 2.19 bits per heavy atom. The second kappa shape index (κ2) is 6.94. The van der Waals surface area contributed by atoms with Crippen molar-refractivity contribution in [3.63, 3.8) is 0 Å². The van der Waals surface area contributed by atoms with Gasteiger partial charge in [0.05, 0.1) is 17.8 Å². The summed E-state index contributed by atoms with van der Waals surface area (Å²) < 4.78 is 33.4. The minimum Gasteiger partial charge on any atom is -0.467 e. The second-order valence-electron chi connectivity index (χ2n) is 3.91. The van der Waals surface area contributed by atoms with Gasteiger partial charge in [-0.3, -0.25) is 0 Å². The summed E-state index contributed by atoms with van der Waals surface area (Å²) in [6.07, 6.45) is 1.50. The third kappa shape index (κ3) is 4.64. The smallest absolute Gasteiger partial charge is 0.387 e. The first-order chi connectivity index (χ1) is 10.0. The zero-order valence-electron chi connectivity index (χ0n) is 10.6. The maximum atomic E-state index is 12.1. The number of nitrogens with one attached hydrogen (secondary N) is 2. The number of ether oxygens (including phenoxy) is 1. The Balaban J connectivity index is 1.90. The van der Waals surface area contributed by atoms with E-state index in [9.17, 15) is 13.6 Å². The fourth-order valence-corrected chi connectivity index (χ4v) is 1.75. The molecular formula is C13H11ClF2N2O3. The summed E-state index contributed by atoms with van der Waals surface area (Å²) in [5.74, 6) is 0.442. The van der Waals surface area contributed by atoms with E-state index in [2.05, 4.69) is 15.4 Å². The number of urea groups is 1. The summed E-state index contributed by atoms with van der Waals surface area (Å²) in [5, 5.41) is 5.04. The van der Waals surface area contributed by atoms with Crippen LogP contribution in [-0.4, -0.2) is 12.6 Å². The van der Waals surface area contributed by atoms with Crippen molar-refractivity contribution in [2.75, 3.05) is 5.32 Å². The minimum absolute atomic E-state index is 0.0286. The quantitative estimate of drug-likeness (QED) is 0.880. The first-order valence-electron chi connectivity index (χ1n) is 5.86. The first-order valence-corrected chi connectivity index (χ1v) is 6.24. The van der Waals surface area contributed by atoms with Gasteiger partial charge in [-0.2, -0.15) is 8.78 Å². The fourth-order valence-electron chi connectivity index (χ4n) is 1.53. The molecule has 1 aromatic heterocycles. The number of alkyl halides is 2. The van der Waals surface area contributed by atoms with Gasteiger partial charge >= 0.3 is 12.6 Å². The molecule has 1 aromatic carbocycles. The van der Waals surface area contributed by atoms with Crippen LogP contribution in [0.3, 0.4) is 0 Å². The largest absolute Gasteiger partial charge is 0.467 e. The summed E-state index contributed by atoms with van der Waals surface area (Å²) in [6, 6.07) is 6.90. The number of amides is 2. The Kier molecular flexibility index (Phi) is 4.99. The minimum atomic E-state index is -2.96. The standard InChI is InChI=1S/C13H11ClF2N2O3/c14-10-6-8(3-4-11(10)21-12(15)16)18-13(19)17-7-9-2-1-5-20-9/h1-6,12H,7H2,(H2,17,18,19). The lowest BCUT2D eigenvalue weighted by atomic mass is 10.3. The molecular weight excluding hydrogens is 306 g/mol. The number of carbonyl (C=O) groups excluding carboxylic acids is 1. The Morgan fingerprint density at radius 1 is 1.38 bits per heavy atom. The number of halogens is 3. The molecule has 2 aromatic rings. The zero-order valence-corrected chi connectivity index (χ0v) is 11.4. The number of hydrogen-bond acceptors (Lipinski definition) is 3. The molecule has 0 bridgehead atoms. The van der Waals surface area contributed by atoms with Crippen LogP contribution >= 0.6 is 11.6 Å². The molecule has 1 heterocycles. The summed E-state index contributed by atoms with van der Waals surface area (Å²) in [6.45, 7) is -2.74. The fraction of sp³-hybridized carbons (Fsp3) is 0.154. The number of furan rings is 1. The average Bonchev–Trinajstić information content (AvgIpc) is 2.92. The van der Waals surface area contributed by atoms with E-state index in [4.69, 9.17) is 16.0 Å². The normalized spacial score (nSPS) is 10.5. The Bertz CT molecular complexity index is 605. The van der Waals surface area contributed by atoms with Gasteiger partial charge in [0.2, 0.25) is 0 Å². The molecule has 0 saturated heterocycles. The monoisotopic (exact) mass is 316 g/mol. The molecule has 5 nitrogen and oxygen atoms in total. The molecule has 2 N–H and O–H groups in total. The van der Waals surface area contributed by atoms with Gasteiger partial charge in [-0.05, 0) is 30.3 Å². The van der Waals surface area contributed by atoms with Crippen LogP contribution in [0.1, 0.15) is 5.76 Å². The molecule has 2 rings (SSSR count). The van der Waals surface area contributed by atoms with Crippen molar-refractivity contribution in [3.8, 4) is 5.75 Å². The maximum Gasteiger partial charge on any atom is 0.387 e. The van der Waals surface area contributed by atoms with Crippen LogP contribution in [-0.2, 0) is 6.54 Å². The highest BCUT2D eigenvalue weighted by atomic mass is 35.5. The van der Waals surface area contributed by atoms with Gasteiger partial charge in [-0.1, -0.05) is 11.6 Å². The van der Waals surface area contributed by atoms with Gasteiger partial charge in [-0.25, -0.2) is 4.79 Å². The van der Waals surface area contributed by atoms with Crippen molar-refractivity contribution in [1.29, 1.82) is 0 Å².